The number of hydrogen-bond donors (Lipinski definition) is 0. The first-order valence-electron chi connectivity index (χ1n) is 12.3. The molecule has 1 aromatic heterocycles. The van der Waals surface area contributed by atoms with Gasteiger partial charge in [-0.05, 0) is 62.2 Å². The van der Waals surface area contributed by atoms with E-state index in [1.165, 1.54) is 17.4 Å². The second kappa shape index (κ2) is 10.2. The summed E-state index contributed by atoms with van der Waals surface area (Å²) in [6.45, 7) is 8.86. The number of thioether (sulfide) groups is 1. The van der Waals surface area contributed by atoms with Gasteiger partial charge in [0, 0.05) is 31.9 Å². The number of piperazine rings is 1. The number of carbonyl (C=O) groups is 1. The van der Waals surface area contributed by atoms with Crippen LogP contribution in [0.2, 0.25) is 0 Å². The molecule has 1 amide bonds. The molecule has 0 bridgehead atoms. The van der Waals surface area contributed by atoms with Gasteiger partial charge in [-0.25, -0.2) is 4.98 Å². The molecule has 1 aliphatic heterocycles. The highest BCUT2D eigenvalue weighted by atomic mass is 32.2. The van der Waals surface area contributed by atoms with E-state index < -0.39 is 0 Å². The van der Waals surface area contributed by atoms with Gasteiger partial charge in [0.15, 0.2) is 5.16 Å². The van der Waals surface area contributed by atoms with Gasteiger partial charge in [0.25, 0.3) is 5.56 Å². The minimum atomic E-state index is -0.377. The van der Waals surface area contributed by atoms with Crippen LogP contribution in [0.1, 0.15) is 18.1 Å². The van der Waals surface area contributed by atoms with Gasteiger partial charge in [0.2, 0.25) is 5.91 Å². The molecule has 0 spiro atoms. The molecule has 36 heavy (non-hydrogen) atoms. The number of nitrogens with zero attached hydrogens (tertiary/aromatic N) is 4. The number of hydrogen-bond acceptors (Lipinski definition) is 5. The Labute approximate surface area is 215 Å². The normalized spacial score (nSPS) is 14.8. The summed E-state index contributed by atoms with van der Waals surface area (Å²) in [5.41, 5.74) is 4.56. The van der Waals surface area contributed by atoms with E-state index >= 15 is 0 Å². The molecule has 1 aliphatic rings. The Hall–Kier alpha value is -3.58. The Balaban J connectivity index is 1.42. The summed E-state index contributed by atoms with van der Waals surface area (Å²) >= 11 is 1.35. The first-order valence-corrected chi connectivity index (χ1v) is 13.1. The summed E-state index contributed by atoms with van der Waals surface area (Å²) in [7, 11) is 0. The van der Waals surface area contributed by atoms with Crippen molar-refractivity contribution in [2.24, 2.45) is 0 Å². The Bertz CT molecular complexity index is 1460. The van der Waals surface area contributed by atoms with Crippen LogP contribution in [0.5, 0.6) is 0 Å². The van der Waals surface area contributed by atoms with Crippen molar-refractivity contribution in [2.75, 3.05) is 31.1 Å². The lowest BCUT2D eigenvalue weighted by Crippen LogP contribution is -2.50. The van der Waals surface area contributed by atoms with Crippen LogP contribution in [0.25, 0.3) is 16.6 Å². The zero-order chi connectivity index (χ0) is 25.2. The molecule has 0 radical (unpaired) electrons. The zero-order valence-electron chi connectivity index (χ0n) is 20.8. The Morgan fingerprint density at radius 3 is 2.36 bits per heavy atom. The quantitative estimate of drug-likeness (QED) is 0.291. The third-order valence-corrected chi connectivity index (χ3v) is 7.73. The summed E-state index contributed by atoms with van der Waals surface area (Å²) < 4.78 is 1.67. The van der Waals surface area contributed by atoms with Gasteiger partial charge in [-0.15, -0.1) is 0 Å². The Morgan fingerprint density at radius 2 is 1.61 bits per heavy atom. The molecule has 0 N–H and O–H groups in total. The molecule has 2 heterocycles. The predicted octanol–water partition coefficient (Wildman–Crippen LogP) is 4.83. The molecule has 6 nitrogen and oxygen atoms in total. The van der Waals surface area contributed by atoms with E-state index in [0.717, 1.165) is 29.9 Å². The van der Waals surface area contributed by atoms with Crippen LogP contribution in [0, 0.1) is 13.8 Å². The minimum Gasteiger partial charge on any atom is -0.368 e. The smallest absolute Gasteiger partial charge is 0.266 e. The van der Waals surface area contributed by atoms with Crippen molar-refractivity contribution >= 4 is 34.3 Å². The third kappa shape index (κ3) is 4.75. The molecule has 7 heteroatoms. The van der Waals surface area contributed by atoms with Crippen LogP contribution in [0.3, 0.4) is 0 Å². The number of fused-ring (bicyclic) bond motifs is 1. The van der Waals surface area contributed by atoms with Crippen LogP contribution >= 0.6 is 11.8 Å². The van der Waals surface area contributed by atoms with Gasteiger partial charge in [0.1, 0.15) is 0 Å². The fourth-order valence-electron chi connectivity index (χ4n) is 4.65. The van der Waals surface area contributed by atoms with Crippen LogP contribution in [-0.2, 0) is 4.79 Å². The monoisotopic (exact) mass is 498 g/mol. The highest BCUT2D eigenvalue weighted by Crippen LogP contribution is 2.28. The SMILES string of the molecule is Cc1ccc(C)c(-n2c(SC(C)C(=O)N3CCN(c4ccccc4)CC3)nc3ccccc3c2=O)c1. The van der Waals surface area contributed by atoms with E-state index in [-0.39, 0.29) is 16.7 Å². The molecule has 1 atom stereocenters. The number of anilines is 1. The summed E-state index contributed by atoms with van der Waals surface area (Å²) in [5, 5.41) is 0.729. The summed E-state index contributed by atoms with van der Waals surface area (Å²) in [6.07, 6.45) is 0. The van der Waals surface area contributed by atoms with Crippen LogP contribution in [0.4, 0.5) is 5.69 Å². The minimum absolute atomic E-state index is 0.0719. The van der Waals surface area contributed by atoms with E-state index in [4.69, 9.17) is 4.98 Å². The first kappa shape index (κ1) is 24.1. The molecule has 1 saturated heterocycles. The number of carbonyl (C=O) groups excluding carboxylic acids is 1. The second-order valence-electron chi connectivity index (χ2n) is 9.25. The topological polar surface area (TPSA) is 58.4 Å². The second-order valence-corrected chi connectivity index (χ2v) is 10.6. The van der Waals surface area contributed by atoms with E-state index in [9.17, 15) is 9.59 Å². The molecule has 1 fully saturated rings. The van der Waals surface area contributed by atoms with Crippen molar-refractivity contribution in [3.63, 3.8) is 0 Å². The number of amides is 1. The van der Waals surface area contributed by atoms with Crippen LogP contribution < -0.4 is 10.5 Å². The van der Waals surface area contributed by atoms with Crippen molar-refractivity contribution in [1.29, 1.82) is 0 Å². The van der Waals surface area contributed by atoms with Gasteiger partial charge in [-0.3, -0.25) is 14.2 Å². The Kier molecular flexibility index (Phi) is 6.83. The average Bonchev–Trinajstić information content (AvgIpc) is 2.91. The Morgan fingerprint density at radius 1 is 0.917 bits per heavy atom. The summed E-state index contributed by atoms with van der Waals surface area (Å²) in [6, 6.07) is 23.8. The maximum Gasteiger partial charge on any atom is 0.266 e. The number of benzene rings is 3. The van der Waals surface area contributed by atoms with E-state index in [0.29, 0.717) is 29.1 Å². The fourth-order valence-corrected chi connectivity index (χ4v) is 5.66. The van der Waals surface area contributed by atoms with E-state index in [1.807, 2.05) is 86.3 Å². The van der Waals surface area contributed by atoms with Gasteiger partial charge in [-0.2, -0.15) is 0 Å². The predicted molar refractivity (Wildman–Crippen MR) is 147 cm³/mol. The molecular weight excluding hydrogens is 468 g/mol. The third-order valence-electron chi connectivity index (χ3n) is 6.69. The lowest BCUT2D eigenvalue weighted by Gasteiger charge is -2.37. The number of aromatic nitrogens is 2. The average molecular weight is 499 g/mol. The van der Waals surface area contributed by atoms with Crippen molar-refractivity contribution in [3.8, 4) is 5.69 Å². The molecule has 4 aromatic rings. The van der Waals surface area contributed by atoms with Crippen molar-refractivity contribution in [2.45, 2.75) is 31.2 Å². The largest absolute Gasteiger partial charge is 0.368 e. The van der Waals surface area contributed by atoms with Crippen molar-refractivity contribution in [3.05, 3.63) is 94.3 Å². The van der Waals surface area contributed by atoms with E-state index in [2.05, 4.69) is 17.0 Å². The van der Waals surface area contributed by atoms with Gasteiger partial charge in [-0.1, -0.05) is 54.2 Å². The molecule has 3 aromatic carbocycles. The summed E-state index contributed by atoms with van der Waals surface area (Å²) in [5.74, 6) is 0.0719. The molecule has 0 saturated carbocycles. The lowest BCUT2D eigenvalue weighted by atomic mass is 10.1. The maximum absolute atomic E-state index is 13.6. The number of rotatable bonds is 5. The van der Waals surface area contributed by atoms with Crippen molar-refractivity contribution in [1.82, 2.24) is 14.5 Å². The summed E-state index contributed by atoms with van der Waals surface area (Å²) in [4.78, 5) is 36.2. The standard InChI is InChI=1S/C29H30N4O2S/c1-20-13-14-21(2)26(19-20)33-28(35)24-11-7-8-12-25(24)30-29(33)36-22(3)27(34)32-17-15-31(16-18-32)23-9-5-4-6-10-23/h4-14,19,22H,15-18H2,1-3H3. The first-order chi connectivity index (χ1) is 17.4. The van der Waals surface area contributed by atoms with Gasteiger partial charge < -0.3 is 9.80 Å². The molecule has 0 aliphatic carbocycles. The van der Waals surface area contributed by atoms with Gasteiger partial charge >= 0.3 is 0 Å². The maximum atomic E-state index is 13.6. The highest BCUT2D eigenvalue weighted by Gasteiger charge is 2.27. The van der Waals surface area contributed by atoms with Crippen molar-refractivity contribution < 1.29 is 4.79 Å². The van der Waals surface area contributed by atoms with Gasteiger partial charge in [0.05, 0.1) is 21.8 Å². The number of para-hydroxylation sites is 2. The lowest BCUT2D eigenvalue weighted by molar-refractivity contribution is -0.130. The number of aryl methyl sites for hydroxylation is 2. The highest BCUT2D eigenvalue weighted by molar-refractivity contribution is 8.00. The van der Waals surface area contributed by atoms with Crippen LogP contribution in [-0.4, -0.2) is 51.8 Å². The van der Waals surface area contributed by atoms with Crippen LogP contribution in [0.15, 0.2) is 82.7 Å². The fraction of sp³-hybridized carbons (Fsp3) is 0.276. The van der Waals surface area contributed by atoms with E-state index in [1.54, 1.807) is 4.57 Å². The molecular formula is C29H30N4O2S. The zero-order valence-corrected chi connectivity index (χ0v) is 21.7. The molecule has 184 valence electrons. The molecule has 1 unspecified atom stereocenters. The molecule has 5 rings (SSSR count).